The number of aromatic nitrogens is 1. The molecule has 1 aromatic rings. The van der Waals surface area contributed by atoms with Gasteiger partial charge in [-0.3, -0.25) is 0 Å². The molecule has 1 N–H and O–H groups in total. The van der Waals surface area contributed by atoms with Crippen molar-refractivity contribution in [3.63, 3.8) is 0 Å². The maximum atomic E-state index is 12.3. The lowest BCUT2D eigenvalue weighted by Crippen LogP contribution is -2.12. The van der Waals surface area contributed by atoms with Crippen LogP contribution < -0.4 is 4.74 Å². The third-order valence-electron chi connectivity index (χ3n) is 1.60. The molecule has 1 heterocycles. The summed E-state index contributed by atoms with van der Waals surface area (Å²) in [5.74, 6) is -0.130. The highest BCUT2D eigenvalue weighted by Gasteiger charge is 2.35. The first-order chi connectivity index (χ1) is 6.49. The summed E-state index contributed by atoms with van der Waals surface area (Å²) in [4.78, 5) is 3.23. The first kappa shape index (κ1) is 10.8. The van der Waals surface area contributed by atoms with Gasteiger partial charge < -0.3 is 9.84 Å². The minimum atomic E-state index is -4.58. The molecule has 0 aliphatic rings. The smallest absolute Gasteiger partial charge is 0.433 e. The van der Waals surface area contributed by atoms with Crippen LogP contribution in [0, 0.1) is 0 Å². The number of hydrogen-bond acceptors (Lipinski definition) is 3. The molecule has 0 aromatic carbocycles. The molecule has 78 valence electrons. The Morgan fingerprint density at radius 3 is 2.50 bits per heavy atom. The van der Waals surface area contributed by atoms with E-state index < -0.39 is 18.5 Å². The molecule has 0 saturated heterocycles. The molecule has 6 heteroatoms. The number of aliphatic hydroxyl groups is 1. The van der Waals surface area contributed by atoms with Gasteiger partial charge in [0.25, 0.3) is 0 Å². The largest absolute Gasteiger partial charge is 0.481 e. The van der Waals surface area contributed by atoms with Gasteiger partial charge >= 0.3 is 6.18 Å². The SMILES string of the molecule is COc1ccc(CO)c(C(F)(F)F)n1. The highest BCUT2D eigenvalue weighted by Crippen LogP contribution is 2.31. The fourth-order valence-electron chi connectivity index (χ4n) is 0.957. The normalized spacial score (nSPS) is 11.5. The van der Waals surface area contributed by atoms with E-state index in [1.165, 1.54) is 13.2 Å². The van der Waals surface area contributed by atoms with Crippen molar-refractivity contribution in [2.45, 2.75) is 12.8 Å². The summed E-state index contributed by atoms with van der Waals surface area (Å²) in [6.45, 7) is -0.703. The molecule has 0 amide bonds. The second-order valence-electron chi connectivity index (χ2n) is 2.52. The van der Waals surface area contributed by atoms with Gasteiger partial charge in [-0.25, -0.2) is 4.98 Å². The summed E-state index contributed by atoms with van der Waals surface area (Å²) in [5.41, 5.74) is -1.38. The molecule has 14 heavy (non-hydrogen) atoms. The predicted octanol–water partition coefficient (Wildman–Crippen LogP) is 1.60. The molecule has 0 fully saturated rings. The minimum absolute atomic E-state index is 0.130. The fourth-order valence-corrected chi connectivity index (χ4v) is 0.957. The molecule has 0 atom stereocenters. The van der Waals surface area contributed by atoms with Gasteiger partial charge in [0.15, 0.2) is 5.69 Å². The lowest BCUT2D eigenvalue weighted by Gasteiger charge is -2.10. The van der Waals surface area contributed by atoms with E-state index in [0.717, 1.165) is 6.07 Å². The highest BCUT2D eigenvalue weighted by atomic mass is 19.4. The second-order valence-corrected chi connectivity index (χ2v) is 2.52. The molecule has 0 aliphatic carbocycles. The summed E-state index contributed by atoms with van der Waals surface area (Å²) in [6.07, 6.45) is -4.58. The number of alkyl halides is 3. The van der Waals surface area contributed by atoms with Gasteiger partial charge in [0, 0.05) is 11.6 Å². The number of halogens is 3. The first-order valence-corrected chi connectivity index (χ1v) is 3.71. The van der Waals surface area contributed by atoms with Gasteiger partial charge in [0.1, 0.15) is 0 Å². The Labute approximate surface area is 78.2 Å². The second kappa shape index (κ2) is 3.83. The molecule has 0 aliphatic heterocycles. The molecular formula is C8H8F3NO2. The van der Waals surface area contributed by atoms with Crippen molar-refractivity contribution in [3.05, 3.63) is 23.4 Å². The Bertz CT molecular complexity index is 325. The Balaban J connectivity index is 3.22. The van der Waals surface area contributed by atoms with Crippen molar-refractivity contribution in [3.8, 4) is 5.88 Å². The van der Waals surface area contributed by atoms with Gasteiger partial charge in [-0.1, -0.05) is 0 Å². The fraction of sp³-hybridized carbons (Fsp3) is 0.375. The number of pyridine rings is 1. The maximum absolute atomic E-state index is 12.3. The number of aliphatic hydroxyl groups excluding tert-OH is 1. The monoisotopic (exact) mass is 207 g/mol. The summed E-state index contributed by atoms with van der Waals surface area (Å²) >= 11 is 0. The standard InChI is InChI=1S/C8H8F3NO2/c1-14-6-3-2-5(4-13)7(12-6)8(9,10)11/h2-3,13H,4H2,1H3. The molecule has 0 spiro atoms. The molecule has 1 aromatic heterocycles. The van der Waals surface area contributed by atoms with Crippen LogP contribution in [0.3, 0.4) is 0 Å². The average molecular weight is 207 g/mol. The minimum Gasteiger partial charge on any atom is -0.481 e. The lowest BCUT2D eigenvalue weighted by molar-refractivity contribution is -0.142. The van der Waals surface area contributed by atoms with Crippen LogP contribution in [0.25, 0.3) is 0 Å². The average Bonchev–Trinajstić information content (AvgIpc) is 2.15. The maximum Gasteiger partial charge on any atom is 0.433 e. The van der Waals surface area contributed by atoms with Crippen LogP contribution in [0.1, 0.15) is 11.3 Å². The number of rotatable bonds is 2. The lowest BCUT2D eigenvalue weighted by atomic mass is 10.2. The molecule has 0 saturated carbocycles. The third-order valence-corrected chi connectivity index (χ3v) is 1.60. The van der Waals surface area contributed by atoms with Crippen LogP contribution in [0.5, 0.6) is 5.88 Å². The predicted molar refractivity (Wildman–Crippen MR) is 41.7 cm³/mol. The van der Waals surface area contributed by atoms with Crippen molar-refractivity contribution < 1.29 is 23.0 Å². The Kier molecular flexibility index (Phi) is 2.95. The van der Waals surface area contributed by atoms with Crippen LogP contribution in [0.15, 0.2) is 12.1 Å². The van der Waals surface area contributed by atoms with Crippen molar-refractivity contribution in [2.75, 3.05) is 7.11 Å². The van der Waals surface area contributed by atoms with Gasteiger partial charge in [0.05, 0.1) is 13.7 Å². The van der Waals surface area contributed by atoms with E-state index in [9.17, 15) is 13.2 Å². The van der Waals surface area contributed by atoms with Crippen molar-refractivity contribution in [1.29, 1.82) is 0 Å². The molecule has 0 radical (unpaired) electrons. The van der Waals surface area contributed by atoms with E-state index in [2.05, 4.69) is 9.72 Å². The van der Waals surface area contributed by atoms with Crippen LogP contribution >= 0.6 is 0 Å². The summed E-state index contributed by atoms with van der Waals surface area (Å²) in [6, 6.07) is 2.40. The number of hydrogen-bond donors (Lipinski definition) is 1. The number of methoxy groups -OCH3 is 1. The van der Waals surface area contributed by atoms with Gasteiger partial charge in [-0.05, 0) is 6.07 Å². The van der Waals surface area contributed by atoms with Crippen molar-refractivity contribution >= 4 is 0 Å². The third kappa shape index (κ3) is 2.14. The number of ether oxygens (including phenoxy) is 1. The molecule has 0 bridgehead atoms. The van der Waals surface area contributed by atoms with E-state index in [0.29, 0.717) is 0 Å². The Hall–Kier alpha value is -1.30. The van der Waals surface area contributed by atoms with E-state index in [1.54, 1.807) is 0 Å². The molecule has 1 rings (SSSR count). The van der Waals surface area contributed by atoms with Gasteiger partial charge in [-0.15, -0.1) is 0 Å². The zero-order chi connectivity index (χ0) is 10.8. The summed E-state index contributed by atoms with van der Waals surface area (Å²) < 4.78 is 41.5. The Morgan fingerprint density at radius 2 is 2.07 bits per heavy atom. The highest BCUT2D eigenvalue weighted by molar-refractivity contribution is 5.27. The first-order valence-electron chi connectivity index (χ1n) is 3.71. The van der Waals surface area contributed by atoms with Crippen LogP contribution in [-0.2, 0) is 12.8 Å². The Morgan fingerprint density at radius 1 is 1.43 bits per heavy atom. The zero-order valence-electron chi connectivity index (χ0n) is 7.30. The van der Waals surface area contributed by atoms with Gasteiger partial charge in [-0.2, -0.15) is 13.2 Å². The zero-order valence-corrected chi connectivity index (χ0v) is 7.30. The van der Waals surface area contributed by atoms with E-state index in [1.807, 2.05) is 0 Å². The van der Waals surface area contributed by atoms with Gasteiger partial charge in [0.2, 0.25) is 5.88 Å². The van der Waals surface area contributed by atoms with Crippen molar-refractivity contribution in [1.82, 2.24) is 4.98 Å². The quantitative estimate of drug-likeness (QED) is 0.800. The van der Waals surface area contributed by atoms with Crippen molar-refractivity contribution in [2.24, 2.45) is 0 Å². The molecule has 0 unspecified atom stereocenters. The van der Waals surface area contributed by atoms with E-state index in [-0.39, 0.29) is 11.4 Å². The van der Waals surface area contributed by atoms with Crippen LogP contribution in [0.2, 0.25) is 0 Å². The van der Waals surface area contributed by atoms with Crippen LogP contribution in [0.4, 0.5) is 13.2 Å². The van der Waals surface area contributed by atoms with Crippen LogP contribution in [-0.4, -0.2) is 17.2 Å². The summed E-state index contributed by atoms with van der Waals surface area (Å²) in [5, 5.41) is 8.66. The number of nitrogens with zero attached hydrogens (tertiary/aromatic N) is 1. The topological polar surface area (TPSA) is 42.4 Å². The van der Waals surface area contributed by atoms with E-state index in [4.69, 9.17) is 5.11 Å². The molecule has 3 nitrogen and oxygen atoms in total. The summed E-state index contributed by atoms with van der Waals surface area (Å²) in [7, 11) is 1.22. The van der Waals surface area contributed by atoms with E-state index >= 15 is 0 Å². The molecular weight excluding hydrogens is 199 g/mol.